The zero-order valence-electron chi connectivity index (χ0n) is 14.1. The van der Waals surface area contributed by atoms with E-state index in [0.717, 1.165) is 42.8 Å². The second-order valence-electron chi connectivity index (χ2n) is 6.06. The summed E-state index contributed by atoms with van der Waals surface area (Å²) in [4.78, 5) is 7.28. The minimum atomic E-state index is -3.54. The van der Waals surface area contributed by atoms with Gasteiger partial charge in [0.05, 0.1) is 15.3 Å². The summed E-state index contributed by atoms with van der Waals surface area (Å²) >= 11 is 0. The summed E-state index contributed by atoms with van der Waals surface area (Å²) in [6.45, 7) is 3.64. The number of fused-ring (bicyclic) bond motifs is 1. The zero-order chi connectivity index (χ0) is 17.3. The van der Waals surface area contributed by atoms with Crippen molar-refractivity contribution >= 4 is 38.8 Å². The van der Waals surface area contributed by atoms with Crippen LogP contribution in [0.2, 0.25) is 0 Å². The maximum atomic E-state index is 12.9. The van der Waals surface area contributed by atoms with Crippen molar-refractivity contribution in [1.29, 1.82) is 0 Å². The van der Waals surface area contributed by atoms with Crippen molar-refractivity contribution in [1.82, 2.24) is 10.3 Å². The van der Waals surface area contributed by atoms with Gasteiger partial charge in [-0.25, -0.2) is 8.42 Å². The highest BCUT2D eigenvalue weighted by atomic mass is 35.5. The molecule has 0 atom stereocenters. The Morgan fingerprint density at radius 3 is 2.38 bits per heavy atom. The molecule has 26 heavy (non-hydrogen) atoms. The minimum absolute atomic E-state index is 0. The first-order valence-electron chi connectivity index (χ1n) is 8.31. The molecule has 136 valence electrons. The maximum Gasteiger partial charge on any atom is 0.206 e. The average molecular weight is 390 g/mol. The molecule has 1 N–H and O–H groups in total. The molecule has 0 saturated carbocycles. The number of nitrogens with one attached hydrogen (secondary N) is 1. The SMILES string of the molecule is Cl.O=S(=O)(c1ccccc1)c1ccc2nccc(N3CCNCC3)c2c1. The summed E-state index contributed by atoms with van der Waals surface area (Å²) in [5.74, 6) is 0. The molecule has 2 aromatic carbocycles. The van der Waals surface area contributed by atoms with Crippen LogP contribution in [0, 0.1) is 0 Å². The van der Waals surface area contributed by atoms with Crippen LogP contribution in [0.15, 0.2) is 70.6 Å². The van der Waals surface area contributed by atoms with E-state index in [1.807, 2.05) is 12.1 Å². The van der Waals surface area contributed by atoms with Crippen molar-refractivity contribution in [2.75, 3.05) is 31.1 Å². The molecule has 1 aliphatic heterocycles. The van der Waals surface area contributed by atoms with Crippen molar-refractivity contribution in [2.45, 2.75) is 9.79 Å². The largest absolute Gasteiger partial charge is 0.368 e. The lowest BCUT2D eigenvalue weighted by Crippen LogP contribution is -2.43. The summed E-state index contributed by atoms with van der Waals surface area (Å²) in [6.07, 6.45) is 1.78. The Kier molecular flexibility index (Phi) is 5.46. The van der Waals surface area contributed by atoms with Gasteiger partial charge in [-0.15, -0.1) is 12.4 Å². The first-order chi connectivity index (χ1) is 12.2. The minimum Gasteiger partial charge on any atom is -0.368 e. The van der Waals surface area contributed by atoms with Crippen LogP contribution < -0.4 is 10.2 Å². The van der Waals surface area contributed by atoms with Gasteiger partial charge in [-0.05, 0) is 36.4 Å². The molecular formula is C19H20ClN3O2S. The van der Waals surface area contributed by atoms with E-state index < -0.39 is 9.84 Å². The van der Waals surface area contributed by atoms with E-state index in [1.54, 1.807) is 48.7 Å². The van der Waals surface area contributed by atoms with Gasteiger partial charge in [-0.2, -0.15) is 0 Å². The van der Waals surface area contributed by atoms with Gasteiger partial charge in [0.1, 0.15) is 0 Å². The van der Waals surface area contributed by atoms with Crippen molar-refractivity contribution < 1.29 is 8.42 Å². The van der Waals surface area contributed by atoms with Crippen molar-refractivity contribution in [3.8, 4) is 0 Å². The maximum absolute atomic E-state index is 12.9. The Morgan fingerprint density at radius 1 is 0.923 bits per heavy atom. The molecule has 0 radical (unpaired) electrons. The molecule has 4 rings (SSSR count). The number of sulfone groups is 1. The van der Waals surface area contributed by atoms with Crippen LogP contribution in [0.1, 0.15) is 0 Å². The number of nitrogens with zero attached hydrogens (tertiary/aromatic N) is 2. The van der Waals surface area contributed by atoms with Crippen LogP contribution in [0.25, 0.3) is 10.9 Å². The van der Waals surface area contributed by atoms with Gasteiger partial charge >= 0.3 is 0 Å². The predicted octanol–water partition coefficient (Wildman–Crippen LogP) is 2.90. The molecule has 2 heterocycles. The Balaban J connectivity index is 0.00000196. The second kappa shape index (κ2) is 7.61. The molecule has 1 aliphatic rings. The van der Waals surface area contributed by atoms with Gasteiger partial charge in [-0.3, -0.25) is 4.98 Å². The van der Waals surface area contributed by atoms with Crippen LogP contribution in [-0.2, 0) is 9.84 Å². The van der Waals surface area contributed by atoms with E-state index in [0.29, 0.717) is 9.79 Å². The molecule has 1 fully saturated rings. The number of rotatable bonds is 3. The van der Waals surface area contributed by atoms with Gasteiger partial charge in [0.25, 0.3) is 0 Å². The van der Waals surface area contributed by atoms with E-state index in [-0.39, 0.29) is 12.4 Å². The number of hydrogen-bond acceptors (Lipinski definition) is 5. The number of anilines is 1. The lowest BCUT2D eigenvalue weighted by atomic mass is 10.1. The Hall–Kier alpha value is -2.15. The average Bonchev–Trinajstić information content (AvgIpc) is 2.68. The highest BCUT2D eigenvalue weighted by Crippen LogP contribution is 2.30. The number of benzene rings is 2. The van der Waals surface area contributed by atoms with E-state index in [2.05, 4.69) is 15.2 Å². The quantitative estimate of drug-likeness (QED) is 0.746. The number of hydrogen-bond donors (Lipinski definition) is 1. The lowest BCUT2D eigenvalue weighted by Gasteiger charge is -2.30. The Bertz CT molecular complexity index is 1000. The Morgan fingerprint density at radius 2 is 1.65 bits per heavy atom. The fourth-order valence-corrected chi connectivity index (χ4v) is 4.50. The molecule has 7 heteroatoms. The zero-order valence-corrected chi connectivity index (χ0v) is 15.8. The Labute approximate surface area is 159 Å². The highest BCUT2D eigenvalue weighted by molar-refractivity contribution is 7.91. The van der Waals surface area contributed by atoms with Crippen LogP contribution in [0.4, 0.5) is 5.69 Å². The molecule has 1 aromatic heterocycles. The number of aromatic nitrogens is 1. The van der Waals surface area contributed by atoms with Crippen molar-refractivity contribution in [2.24, 2.45) is 0 Å². The number of halogens is 1. The topological polar surface area (TPSA) is 62.3 Å². The first-order valence-corrected chi connectivity index (χ1v) is 9.79. The standard InChI is InChI=1S/C19H19N3O2S.ClH/c23-25(24,15-4-2-1-3-5-15)16-6-7-18-17(14-16)19(8-9-21-18)22-12-10-20-11-13-22;/h1-9,14,20H,10-13H2;1H. The summed E-state index contributed by atoms with van der Waals surface area (Å²) < 4.78 is 25.8. The third-order valence-electron chi connectivity index (χ3n) is 4.51. The number of pyridine rings is 1. The molecule has 5 nitrogen and oxygen atoms in total. The van der Waals surface area contributed by atoms with E-state index >= 15 is 0 Å². The number of piperazine rings is 1. The van der Waals surface area contributed by atoms with E-state index in [1.165, 1.54) is 0 Å². The summed E-state index contributed by atoms with van der Waals surface area (Å²) in [5.41, 5.74) is 1.85. The monoisotopic (exact) mass is 389 g/mol. The molecule has 1 saturated heterocycles. The molecule has 0 aliphatic carbocycles. The molecular weight excluding hydrogens is 370 g/mol. The van der Waals surface area contributed by atoms with Crippen LogP contribution in [0.5, 0.6) is 0 Å². The highest BCUT2D eigenvalue weighted by Gasteiger charge is 2.20. The van der Waals surface area contributed by atoms with Crippen LogP contribution >= 0.6 is 12.4 Å². The fraction of sp³-hybridized carbons (Fsp3) is 0.211. The van der Waals surface area contributed by atoms with Gasteiger partial charge in [-0.1, -0.05) is 18.2 Å². The van der Waals surface area contributed by atoms with Gasteiger partial charge < -0.3 is 10.2 Å². The molecule has 0 spiro atoms. The summed E-state index contributed by atoms with van der Waals surface area (Å²) in [6, 6.07) is 15.7. The summed E-state index contributed by atoms with van der Waals surface area (Å²) in [7, 11) is -3.54. The molecule has 3 aromatic rings. The smallest absolute Gasteiger partial charge is 0.206 e. The molecule has 0 bridgehead atoms. The van der Waals surface area contributed by atoms with Gasteiger partial charge in [0.2, 0.25) is 9.84 Å². The van der Waals surface area contributed by atoms with E-state index in [4.69, 9.17) is 0 Å². The first kappa shape index (κ1) is 18.6. The third-order valence-corrected chi connectivity index (χ3v) is 6.28. The van der Waals surface area contributed by atoms with Crippen LogP contribution in [-0.4, -0.2) is 39.6 Å². The van der Waals surface area contributed by atoms with Crippen molar-refractivity contribution in [3.63, 3.8) is 0 Å². The second-order valence-corrected chi connectivity index (χ2v) is 8.01. The normalized spacial score (nSPS) is 14.8. The fourth-order valence-electron chi connectivity index (χ4n) is 3.20. The molecule has 0 unspecified atom stereocenters. The van der Waals surface area contributed by atoms with Gasteiger partial charge in [0, 0.05) is 43.4 Å². The molecule has 0 amide bonds. The predicted molar refractivity (Wildman–Crippen MR) is 106 cm³/mol. The lowest BCUT2D eigenvalue weighted by molar-refractivity contribution is 0.590. The van der Waals surface area contributed by atoms with Gasteiger partial charge in [0.15, 0.2) is 0 Å². The van der Waals surface area contributed by atoms with Crippen molar-refractivity contribution in [3.05, 3.63) is 60.8 Å². The van der Waals surface area contributed by atoms with Crippen LogP contribution in [0.3, 0.4) is 0 Å². The summed E-state index contributed by atoms with van der Waals surface area (Å²) in [5, 5.41) is 4.21. The third kappa shape index (κ3) is 3.40. The van der Waals surface area contributed by atoms with E-state index in [9.17, 15) is 8.42 Å².